The number of nitrogens with zero attached hydrogens (tertiary/aromatic N) is 3. The average molecular weight is 444 g/mol. The molecule has 1 aliphatic carbocycles. The molecule has 0 amide bonds. The Kier molecular flexibility index (Phi) is 30.7. The van der Waals surface area contributed by atoms with Crippen molar-refractivity contribution >= 4 is 16.1 Å². The van der Waals surface area contributed by atoms with E-state index in [0.29, 0.717) is 0 Å². The van der Waals surface area contributed by atoms with E-state index < -0.39 is 16.1 Å². The van der Waals surface area contributed by atoms with E-state index >= 15 is 0 Å². The second-order valence-corrected chi connectivity index (χ2v) is 19.2. The van der Waals surface area contributed by atoms with Gasteiger partial charge in [0.25, 0.3) is 0 Å². The van der Waals surface area contributed by atoms with Crippen molar-refractivity contribution in [1.29, 1.82) is 0 Å². The summed E-state index contributed by atoms with van der Waals surface area (Å²) in [5.74, 6) is 0. The summed E-state index contributed by atoms with van der Waals surface area (Å²) in [5.41, 5.74) is 4.76. The molecule has 0 saturated heterocycles. The molecule has 0 aromatic carbocycles. The van der Waals surface area contributed by atoms with Crippen molar-refractivity contribution in [2.75, 3.05) is 42.3 Å². The van der Waals surface area contributed by atoms with Crippen LogP contribution in [0.5, 0.6) is 0 Å². The second-order valence-electron chi connectivity index (χ2n) is 8.12. The number of allylic oxidation sites excluding steroid dienone is 6. The van der Waals surface area contributed by atoms with Gasteiger partial charge >= 0.3 is 49.0 Å². The molecule has 0 fully saturated rings. The van der Waals surface area contributed by atoms with Crippen LogP contribution in [0.4, 0.5) is 0 Å². The van der Waals surface area contributed by atoms with E-state index in [-0.39, 0.29) is 0 Å². The third-order valence-electron chi connectivity index (χ3n) is 2.07. The Hall–Kier alpha value is -0.0119. The van der Waals surface area contributed by atoms with E-state index in [1.807, 2.05) is 0 Å². The van der Waals surface area contributed by atoms with Gasteiger partial charge in [-0.2, -0.15) is 42.3 Å². The van der Waals surface area contributed by atoms with Crippen molar-refractivity contribution in [3.05, 3.63) is 61.6 Å². The summed E-state index contributed by atoms with van der Waals surface area (Å²) in [6.45, 7) is 14.1. The first kappa shape index (κ1) is 34.5. The van der Waals surface area contributed by atoms with Gasteiger partial charge in [-0.25, -0.2) is 0 Å². The molecule has 0 radical (unpaired) electrons. The molecular formula is C21H45N3Si2Ti. The summed E-state index contributed by atoms with van der Waals surface area (Å²) in [4.78, 5) is 0. The SMILES string of the molecule is C[N-]C.C[N-]C.C[N-]C.C[Si](C)(C)C=CC=C[Si](C)(C)C.[Ti+3][C]1=CC=CC1. The van der Waals surface area contributed by atoms with Crippen LogP contribution in [0.25, 0.3) is 16.0 Å². The van der Waals surface area contributed by atoms with Crippen molar-refractivity contribution in [2.24, 2.45) is 0 Å². The zero-order valence-electron chi connectivity index (χ0n) is 20.1. The summed E-state index contributed by atoms with van der Waals surface area (Å²) in [6, 6.07) is 0. The van der Waals surface area contributed by atoms with Crippen molar-refractivity contribution < 1.29 is 20.4 Å². The predicted molar refractivity (Wildman–Crippen MR) is 132 cm³/mol. The molecule has 0 saturated carbocycles. The molecule has 0 heterocycles. The fourth-order valence-corrected chi connectivity index (χ4v) is 2.85. The minimum atomic E-state index is -0.970. The zero-order valence-corrected chi connectivity index (χ0v) is 23.7. The van der Waals surface area contributed by atoms with Crippen LogP contribution in [0, 0.1) is 0 Å². The number of hydrogen-bond acceptors (Lipinski definition) is 0. The van der Waals surface area contributed by atoms with Crippen LogP contribution in [0.15, 0.2) is 45.7 Å². The zero-order chi connectivity index (χ0) is 22.4. The first-order chi connectivity index (χ1) is 12.3. The van der Waals surface area contributed by atoms with Gasteiger partial charge in [-0.15, -0.1) is 0 Å². The molecule has 0 atom stereocenters. The van der Waals surface area contributed by atoms with Crippen LogP contribution in [-0.2, 0) is 20.4 Å². The van der Waals surface area contributed by atoms with Gasteiger partial charge in [-0.3, -0.25) is 0 Å². The van der Waals surface area contributed by atoms with Crippen LogP contribution >= 0.6 is 0 Å². The molecule has 156 valence electrons. The standard InChI is InChI=1S/C10H22Si2.C5H5.3C2H6N.Ti/c1-11(2,3)9-7-8-10-12(4,5)6;1-2-4-5-3-1;3*1-3-2;/h7-10H,1-6H3;1-3H,4H2;3*1-2H3;/q;;3*-1;+3. The molecule has 0 unspecified atom stereocenters. The molecule has 0 aromatic heterocycles. The fourth-order valence-electron chi connectivity index (χ4n) is 1.14. The minimum absolute atomic E-state index is 0.970. The van der Waals surface area contributed by atoms with Crippen molar-refractivity contribution in [1.82, 2.24) is 0 Å². The van der Waals surface area contributed by atoms with Gasteiger partial charge < -0.3 is 16.0 Å². The Labute approximate surface area is 185 Å². The molecule has 6 heteroatoms. The Morgan fingerprint density at radius 2 is 1.04 bits per heavy atom. The number of hydrogen-bond donors (Lipinski definition) is 0. The third-order valence-corrected chi connectivity index (χ3v) is 5.04. The first-order valence-electron chi connectivity index (χ1n) is 9.23. The molecule has 27 heavy (non-hydrogen) atoms. The van der Waals surface area contributed by atoms with Crippen molar-refractivity contribution in [3.63, 3.8) is 0 Å². The average Bonchev–Trinajstić information content (AvgIpc) is 2.96. The van der Waals surface area contributed by atoms with Crippen LogP contribution in [-0.4, -0.2) is 58.4 Å². The van der Waals surface area contributed by atoms with E-state index in [9.17, 15) is 0 Å². The van der Waals surface area contributed by atoms with E-state index in [1.165, 1.54) is 10.3 Å². The van der Waals surface area contributed by atoms with Gasteiger partial charge in [0.1, 0.15) is 0 Å². The molecule has 0 aromatic rings. The summed E-state index contributed by atoms with van der Waals surface area (Å²) in [5, 5.41) is 10.5. The van der Waals surface area contributed by atoms with Gasteiger partial charge in [0.05, 0.1) is 16.1 Å². The Balaban J connectivity index is -0.000000146. The third kappa shape index (κ3) is 58.5. The van der Waals surface area contributed by atoms with E-state index in [4.69, 9.17) is 0 Å². The monoisotopic (exact) mass is 443 g/mol. The van der Waals surface area contributed by atoms with E-state index in [2.05, 4.69) is 117 Å². The number of rotatable bonds is 3. The molecule has 0 N–H and O–H groups in total. The summed E-state index contributed by atoms with van der Waals surface area (Å²) < 4.78 is 1.47. The first-order valence-corrected chi connectivity index (χ1v) is 17.2. The quantitative estimate of drug-likeness (QED) is 0.330. The predicted octanol–water partition coefficient (Wildman–Crippen LogP) is 7.09. The molecular weight excluding hydrogens is 398 g/mol. The molecule has 0 spiro atoms. The molecule has 1 rings (SSSR count). The molecule has 0 bridgehead atoms. The fraction of sp³-hybridized carbons (Fsp3) is 0.619. The van der Waals surface area contributed by atoms with Crippen molar-refractivity contribution in [2.45, 2.75) is 45.7 Å². The molecule has 3 nitrogen and oxygen atoms in total. The van der Waals surface area contributed by atoms with Gasteiger partial charge in [0.2, 0.25) is 0 Å². The normalized spacial score (nSPS) is 12.7. The van der Waals surface area contributed by atoms with Crippen LogP contribution < -0.4 is 0 Å². The van der Waals surface area contributed by atoms with E-state index in [0.717, 1.165) is 0 Å². The van der Waals surface area contributed by atoms with Crippen LogP contribution in [0.1, 0.15) is 6.42 Å². The maximum atomic E-state index is 3.50. The summed E-state index contributed by atoms with van der Waals surface area (Å²) in [7, 11) is 8.56. The summed E-state index contributed by atoms with van der Waals surface area (Å²) >= 11 is 2.14. The van der Waals surface area contributed by atoms with E-state index in [1.54, 1.807) is 42.3 Å². The molecule has 1 aliphatic rings. The Bertz CT molecular complexity index is 378. The van der Waals surface area contributed by atoms with Crippen LogP contribution in [0.3, 0.4) is 0 Å². The molecule has 0 aliphatic heterocycles. The second kappa shape index (κ2) is 24.0. The van der Waals surface area contributed by atoms with Crippen molar-refractivity contribution in [3.8, 4) is 0 Å². The van der Waals surface area contributed by atoms with Gasteiger partial charge in [-0.1, -0.05) is 62.8 Å². The Morgan fingerprint density at radius 3 is 1.15 bits per heavy atom. The topological polar surface area (TPSA) is 42.3 Å². The summed E-state index contributed by atoms with van der Waals surface area (Å²) in [6.07, 6.45) is 12.0. The van der Waals surface area contributed by atoms with Gasteiger partial charge in [0.15, 0.2) is 0 Å². The van der Waals surface area contributed by atoms with Gasteiger partial charge in [-0.05, 0) is 0 Å². The maximum absolute atomic E-state index is 3.50. The van der Waals surface area contributed by atoms with Gasteiger partial charge in [0, 0.05) is 0 Å². The Morgan fingerprint density at radius 1 is 0.741 bits per heavy atom. The van der Waals surface area contributed by atoms with Crippen LogP contribution in [0.2, 0.25) is 39.3 Å².